The van der Waals surface area contributed by atoms with E-state index in [9.17, 15) is 14.9 Å². The highest BCUT2D eigenvalue weighted by Crippen LogP contribution is 2.27. The van der Waals surface area contributed by atoms with Gasteiger partial charge < -0.3 is 9.73 Å². The Labute approximate surface area is 152 Å². The number of carbonyl (C=O) groups excluding carboxylic acids is 1. The molecule has 1 N–H and O–H groups in total. The molecule has 2 aromatic carbocycles. The number of nitro groups is 1. The molecule has 0 saturated carbocycles. The van der Waals surface area contributed by atoms with Gasteiger partial charge in [0.05, 0.1) is 10.2 Å². The van der Waals surface area contributed by atoms with Crippen LogP contribution in [0.2, 0.25) is 0 Å². The predicted octanol–water partition coefficient (Wildman–Crippen LogP) is 3.76. The zero-order valence-corrected chi connectivity index (χ0v) is 14.5. The second-order valence-electron chi connectivity index (χ2n) is 5.33. The Morgan fingerprint density at radius 2 is 2.04 bits per heavy atom. The van der Waals surface area contributed by atoms with Gasteiger partial charge in [-0.15, -0.1) is 22.0 Å². The quantitative estimate of drug-likeness (QED) is 0.399. The maximum Gasteiger partial charge on any atom is 0.269 e. The summed E-state index contributed by atoms with van der Waals surface area (Å²) >= 11 is 1.32. The van der Waals surface area contributed by atoms with Crippen LogP contribution in [0, 0.1) is 10.1 Å². The maximum atomic E-state index is 12.4. The summed E-state index contributed by atoms with van der Waals surface area (Å²) in [7, 11) is 0. The fourth-order valence-corrected chi connectivity index (χ4v) is 3.04. The first kappa shape index (κ1) is 17.6. The Bertz CT molecular complexity index is 913. The minimum atomic E-state index is -0.457. The highest BCUT2D eigenvalue weighted by Gasteiger charge is 2.16. The molecule has 132 valence electrons. The number of nitro benzene ring substituents is 1. The van der Waals surface area contributed by atoms with Crippen LogP contribution >= 0.6 is 11.8 Å². The minimum absolute atomic E-state index is 0.0179. The maximum absolute atomic E-state index is 12.4. The van der Waals surface area contributed by atoms with Gasteiger partial charge in [-0.05, 0) is 37.3 Å². The number of nitrogens with zero attached hydrogens (tertiary/aromatic N) is 3. The van der Waals surface area contributed by atoms with Crippen molar-refractivity contribution in [1.82, 2.24) is 10.2 Å². The summed E-state index contributed by atoms with van der Waals surface area (Å²) in [4.78, 5) is 23.4. The Morgan fingerprint density at radius 3 is 2.69 bits per heavy atom. The third-order valence-electron chi connectivity index (χ3n) is 3.47. The number of carbonyl (C=O) groups is 1. The molecule has 1 aromatic heterocycles. The van der Waals surface area contributed by atoms with Gasteiger partial charge in [0, 0.05) is 28.3 Å². The number of non-ortho nitro benzene ring substituents is 1. The van der Waals surface area contributed by atoms with E-state index in [2.05, 4.69) is 15.5 Å². The van der Waals surface area contributed by atoms with E-state index in [0.29, 0.717) is 17.1 Å². The molecule has 0 fully saturated rings. The van der Waals surface area contributed by atoms with E-state index in [1.807, 2.05) is 0 Å². The molecule has 0 aliphatic heterocycles. The molecule has 1 atom stereocenters. The van der Waals surface area contributed by atoms with E-state index < -0.39 is 4.92 Å². The molecule has 0 radical (unpaired) electrons. The lowest BCUT2D eigenvalue weighted by molar-refractivity contribution is -0.384. The van der Waals surface area contributed by atoms with Gasteiger partial charge in [0.15, 0.2) is 0 Å². The van der Waals surface area contributed by atoms with Crippen molar-refractivity contribution in [2.24, 2.45) is 0 Å². The number of benzene rings is 2. The molecule has 3 aromatic rings. The van der Waals surface area contributed by atoms with Crippen LogP contribution in [0.1, 0.15) is 6.92 Å². The van der Waals surface area contributed by atoms with Crippen molar-refractivity contribution in [3.63, 3.8) is 0 Å². The number of aromatic nitrogens is 2. The van der Waals surface area contributed by atoms with Crippen molar-refractivity contribution >= 4 is 29.0 Å². The number of rotatable bonds is 6. The number of anilines is 1. The standard InChI is InChI=1S/C17H14N4O4S/c1-11(26-15-7-5-14(6-8-15)21(23)24)16(22)19-13-4-2-3-12(9-13)17-20-18-10-25-17/h2-11H,1H3,(H,19,22). The van der Waals surface area contributed by atoms with Crippen LogP contribution in [0.5, 0.6) is 0 Å². The van der Waals surface area contributed by atoms with Crippen LogP contribution in [-0.4, -0.2) is 26.3 Å². The summed E-state index contributed by atoms with van der Waals surface area (Å²) in [6.07, 6.45) is 1.24. The van der Waals surface area contributed by atoms with Gasteiger partial charge in [-0.1, -0.05) is 6.07 Å². The van der Waals surface area contributed by atoms with Gasteiger partial charge in [-0.2, -0.15) is 0 Å². The van der Waals surface area contributed by atoms with E-state index in [-0.39, 0.29) is 16.8 Å². The number of thioether (sulfide) groups is 1. The Hall–Kier alpha value is -3.20. The van der Waals surface area contributed by atoms with E-state index in [0.717, 1.165) is 4.90 Å². The summed E-state index contributed by atoms with van der Waals surface area (Å²) in [6, 6.07) is 13.2. The van der Waals surface area contributed by atoms with E-state index in [4.69, 9.17) is 4.42 Å². The molecule has 0 spiro atoms. The molecule has 0 bridgehead atoms. The van der Waals surface area contributed by atoms with Crippen molar-refractivity contribution in [3.8, 4) is 11.5 Å². The third-order valence-corrected chi connectivity index (χ3v) is 4.58. The van der Waals surface area contributed by atoms with Gasteiger partial charge in [0.1, 0.15) is 0 Å². The lowest BCUT2D eigenvalue weighted by Gasteiger charge is -2.12. The van der Waals surface area contributed by atoms with Crippen molar-refractivity contribution in [2.45, 2.75) is 17.1 Å². The molecule has 8 nitrogen and oxygen atoms in total. The second kappa shape index (κ2) is 7.79. The molecular formula is C17H14N4O4S. The molecule has 1 heterocycles. The third kappa shape index (κ3) is 4.25. The summed E-state index contributed by atoms with van der Waals surface area (Å²) in [5.41, 5.74) is 1.34. The lowest BCUT2D eigenvalue weighted by Crippen LogP contribution is -2.22. The fraction of sp³-hybridized carbons (Fsp3) is 0.118. The first-order chi connectivity index (χ1) is 12.5. The monoisotopic (exact) mass is 370 g/mol. The smallest absolute Gasteiger partial charge is 0.269 e. The normalized spacial score (nSPS) is 11.7. The van der Waals surface area contributed by atoms with Crippen LogP contribution < -0.4 is 5.32 Å². The largest absolute Gasteiger partial charge is 0.423 e. The van der Waals surface area contributed by atoms with Crippen LogP contribution in [0.15, 0.2) is 64.2 Å². The van der Waals surface area contributed by atoms with Crippen molar-refractivity contribution in [1.29, 1.82) is 0 Å². The van der Waals surface area contributed by atoms with Gasteiger partial charge in [0.25, 0.3) is 5.69 Å². The molecule has 1 amide bonds. The summed E-state index contributed by atoms with van der Waals surface area (Å²) in [5, 5.41) is 20.6. The molecule has 0 aliphatic rings. The molecule has 1 unspecified atom stereocenters. The highest BCUT2D eigenvalue weighted by molar-refractivity contribution is 8.00. The number of hydrogen-bond acceptors (Lipinski definition) is 7. The first-order valence-corrected chi connectivity index (χ1v) is 8.49. The van der Waals surface area contributed by atoms with Crippen molar-refractivity contribution in [2.75, 3.05) is 5.32 Å². The Balaban J connectivity index is 1.64. The molecule has 0 aliphatic carbocycles. The van der Waals surface area contributed by atoms with Crippen LogP contribution in [0.3, 0.4) is 0 Å². The first-order valence-electron chi connectivity index (χ1n) is 7.61. The summed E-state index contributed by atoms with van der Waals surface area (Å²) < 4.78 is 5.15. The fourth-order valence-electron chi connectivity index (χ4n) is 2.18. The van der Waals surface area contributed by atoms with Crippen LogP contribution in [-0.2, 0) is 4.79 Å². The van der Waals surface area contributed by atoms with E-state index in [1.54, 1.807) is 43.3 Å². The topological polar surface area (TPSA) is 111 Å². The Kier molecular flexibility index (Phi) is 5.28. The number of hydrogen-bond donors (Lipinski definition) is 1. The predicted molar refractivity (Wildman–Crippen MR) is 96.8 cm³/mol. The van der Waals surface area contributed by atoms with Gasteiger partial charge in [0.2, 0.25) is 18.2 Å². The average molecular weight is 370 g/mol. The Morgan fingerprint density at radius 1 is 1.27 bits per heavy atom. The zero-order valence-electron chi connectivity index (χ0n) is 13.7. The molecule has 9 heteroatoms. The zero-order chi connectivity index (χ0) is 18.5. The second-order valence-corrected chi connectivity index (χ2v) is 6.74. The summed E-state index contributed by atoms with van der Waals surface area (Å²) in [5.74, 6) is 0.186. The lowest BCUT2D eigenvalue weighted by atomic mass is 10.2. The van der Waals surface area contributed by atoms with Crippen LogP contribution in [0.25, 0.3) is 11.5 Å². The molecule has 3 rings (SSSR count). The average Bonchev–Trinajstić information content (AvgIpc) is 3.17. The van der Waals surface area contributed by atoms with Gasteiger partial charge in [-0.3, -0.25) is 14.9 Å². The van der Waals surface area contributed by atoms with Crippen molar-refractivity contribution in [3.05, 3.63) is 65.0 Å². The van der Waals surface area contributed by atoms with Crippen LogP contribution in [0.4, 0.5) is 11.4 Å². The molecule has 0 saturated heterocycles. The number of nitrogens with one attached hydrogen (secondary N) is 1. The number of amides is 1. The van der Waals surface area contributed by atoms with E-state index in [1.165, 1.54) is 30.3 Å². The van der Waals surface area contributed by atoms with E-state index >= 15 is 0 Å². The molecular weight excluding hydrogens is 356 g/mol. The van der Waals surface area contributed by atoms with Gasteiger partial charge in [-0.25, -0.2) is 0 Å². The highest BCUT2D eigenvalue weighted by atomic mass is 32.2. The minimum Gasteiger partial charge on any atom is -0.423 e. The SMILES string of the molecule is CC(Sc1ccc([N+](=O)[O-])cc1)C(=O)Nc1cccc(-c2nnco2)c1. The molecule has 26 heavy (non-hydrogen) atoms. The van der Waals surface area contributed by atoms with Crippen molar-refractivity contribution < 1.29 is 14.1 Å². The summed E-state index contributed by atoms with van der Waals surface area (Å²) in [6.45, 7) is 1.77. The van der Waals surface area contributed by atoms with Gasteiger partial charge >= 0.3 is 0 Å².